The summed E-state index contributed by atoms with van der Waals surface area (Å²) in [6.07, 6.45) is 3.06. The Kier molecular flexibility index (Phi) is 4.59. The predicted molar refractivity (Wildman–Crippen MR) is 78.4 cm³/mol. The largest absolute Gasteiger partial charge is 0.480 e. The van der Waals surface area contributed by atoms with E-state index in [2.05, 4.69) is 0 Å². The minimum Gasteiger partial charge on any atom is -0.480 e. The molecule has 1 amide bonds. The molecule has 2 rings (SSSR count). The highest BCUT2D eigenvalue weighted by Gasteiger charge is 2.38. The molecule has 1 aromatic rings. The van der Waals surface area contributed by atoms with E-state index in [0.717, 1.165) is 5.56 Å². The first kappa shape index (κ1) is 15.1. The maximum absolute atomic E-state index is 12.2. The fourth-order valence-corrected chi connectivity index (χ4v) is 2.37. The molecule has 1 fully saturated rings. The maximum atomic E-state index is 12.2. The van der Waals surface area contributed by atoms with Crippen molar-refractivity contribution in [1.29, 1.82) is 0 Å². The van der Waals surface area contributed by atoms with Gasteiger partial charge in [0, 0.05) is 31.8 Å². The molecule has 0 bridgehead atoms. The molecule has 1 heterocycles. The molecule has 6 heteroatoms. The Morgan fingerprint density at radius 2 is 2.24 bits per heavy atom. The molecule has 112 valence electrons. The van der Waals surface area contributed by atoms with Gasteiger partial charge in [-0.2, -0.15) is 0 Å². The standard InChI is InChI=1S/C15H18N2O4/c1-21-12-8-13(15(19)20)17(9-12)14(18)6-5-10-3-2-4-11(16)7-10/h2-7,12-13H,8-9,16H2,1H3,(H,19,20)/b6-5+. The average molecular weight is 290 g/mol. The van der Waals surface area contributed by atoms with Crippen molar-refractivity contribution in [1.82, 2.24) is 4.90 Å². The van der Waals surface area contributed by atoms with Crippen LogP contribution in [0.2, 0.25) is 0 Å². The van der Waals surface area contributed by atoms with Crippen LogP contribution in [0.25, 0.3) is 6.08 Å². The molecule has 0 saturated carbocycles. The van der Waals surface area contributed by atoms with Crippen molar-refractivity contribution in [3.63, 3.8) is 0 Å². The van der Waals surface area contributed by atoms with Crippen molar-refractivity contribution >= 4 is 23.6 Å². The summed E-state index contributed by atoms with van der Waals surface area (Å²) in [6, 6.07) is 6.25. The third-order valence-electron chi connectivity index (χ3n) is 3.49. The monoisotopic (exact) mass is 290 g/mol. The number of carboxylic acids is 1. The van der Waals surface area contributed by atoms with Gasteiger partial charge < -0.3 is 20.5 Å². The lowest BCUT2D eigenvalue weighted by Gasteiger charge is -2.19. The summed E-state index contributed by atoms with van der Waals surface area (Å²) in [4.78, 5) is 24.7. The van der Waals surface area contributed by atoms with Gasteiger partial charge in [-0.1, -0.05) is 12.1 Å². The number of likely N-dealkylation sites (tertiary alicyclic amines) is 1. The van der Waals surface area contributed by atoms with Gasteiger partial charge in [-0.3, -0.25) is 4.79 Å². The number of rotatable bonds is 4. The van der Waals surface area contributed by atoms with Crippen LogP contribution >= 0.6 is 0 Å². The molecule has 0 spiro atoms. The molecule has 0 aliphatic carbocycles. The zero-order chi connectivity index (χ0) is 15.4. The number of aliphatic carboxylic acids is 1. The second-order valence-corrected chi connectivity index (χ2v) is 4.94. The topological polar surface area (TPSA) is 92.9 Å². The number of nitrogens with two attached hydrogens (primary N) is 1. The maximum Gasteiger partial charge on any atom is 0.326 e. The van der Waals surface area contributed by atoms with Gasteiger partial charge in [0.25, 0.3) is 0 Å². The number of hydrogen-bond donors (Lipinski definition) is 2. The van der Waals surface area contributed by atoms with E-state index in [9.17, 15) is 14.7 Å². The van der Waals surface area contributed by atoms with Gasteiger partial charge in [0.05, 0.1) is 6.10 Å². The first-order valence-electron chi connectivity index (χ1n) is 6.61. The number of carbonyl (C=O) groups excluding carboxylic acids is 1. The second kappa shape index (κ2) is 6.41. The third kappa shape index (κ3) is 3.61. The molecule has 2 unspecified atom stereocenters. The molecule has 0 radical (unpaired) electrons. The second-order valence-electron chi connectivity index (χ2n) is 4.94. The average Bonchev–Trinajstić information content (AvgIpc) is 2.89. The number of nitrogen functional groups attached to an aromatic ring is 1. The molecule has 1 aromatic carbocycles. The molecule has 21 heavy (non-hydrogen) atoms. The molecule has 1 aliphatic rings. The molecule has 6 nitrogen and oxygen atoms in total. The SMILES string of the molecule is COC1CC(C(=O)O)N(C(=O)/C=C/c2cccc(N)c2)C1. The van der Waals surface area contributed by atoms with E-state index in [0.29, 0.717) is 12.1 Å². The zero-order valence-electron chi connectivity index (χ0n) is 11.7. The highest BCUT2D eigenvalue weighted by molar-refractivity contribution is 5.95. The van der Waals surface area contributed by atoms with Gasteiger partial charge >= 0.3 is 5.97 Å². The summed E-state index contributed by atoms with van der Waals surface area (Å²) in [6.45, 7) is 0.285. The summed E-state index contributed by atoms with van der Waals surface area (Å²) in [5, 5.41) is 9.18. The molecular weight excluding hydrogens is 272 g/mol. The highest BCUT2D eigenvalue weighted by Crippen LogP contribution is 2.21. The number of methoxy groups -OCH3 is 1. The molecule has 0 aromatic heterocycles. The van der Waals surface area contributed by atoms with Crippen LogP contribution in [0.1, 0.15) is 12.0 Å². The number of anilines is 1. The summed E-state index contributed by atoms with van der Waals surface area (Å²) in [7, 11) is 1.51. The molecular formula is C15H18N2O4. The lowest BCUT2D eigenvalue weighted by molar-refractivity contribution is -0.146. The van der Waals surface area contributed by atoms with Crippen LogP contribution in [0.3, 0.4) is 0 Å². The van der Waals surface area contributed by atoms with Crippen molar-refractivity contribution in [2.75, 3.05) is 19.4 Å². The number of carbonyl (C=O) groups is 2. The van der Waals surface area contributed by atoms with Crippen molar-refractivity contribution in [3.05, 3.63) is 35.9 Å². The normalized spacial score (nSPS) is 21.9. The molecule has 1 aliphatic heterocycles. The van der Waals surface area contributed by atoms with Crippen LogP contribution in [-0.2, 0) is 14.3 Å². The zero-order valence-corrected chi connectivity index (χ0v) is 11.7. The molecule has 2 atom stereocenters. The minimum atomic E-state index is -1.01. The van der Waals surface area contributed by atoms with Gasteiger partial charge in [-0.15, -0.1) is 0 Å². The Balaban J connectivity index is 2.10. The lowest BCUT2D eigenvalue weighted by Crippen LogP contribution is -2.39. The Morgan fingerprint density at radius 3 is 2.86 bits per heavy atom. The first-order valence-corrected chi connectivity index (χ1v) is 6.61. The highest BCUT2D eigenvalue weighted by atomic mass is 16.5. The van der Waals surface area contributed by atoms with Crippen molar-refractivity contribution < 1.29 is 19.4 Å². The van der Waals surface area contributed by atoms with E-state index >= 15 is 0 Å². The molecule has 1 saturated heterocycles. The van der Waals surface area contributed by atoms with Crippen LogP contribution in [0.4, 0.5) is 5.69 Å². The summed E-state index contributed by atoms with van der Waals surface area (Å²) < 4.78 is 5.15. The van der Waals surface area contributed by atoms with Crippen molar-refractivity contribution in [2.24, 2.45) is 0 Å². The number of hydrogen-bond acceptors (Lipinski definition) is 4. The predicted octanol–water partition coefficient (Wildman–Crippen LogP) is 0.982. The van der Waals surface area contributed by atoms with Crippen LogP contribution in [0, 0.1) is 0 Å². The Morgan fingerprint density at radius 1 is 1.48 bits per heavy atom. The summed E-state index contributed by atoms with van der Waals surface area (Å²) in [5.41, 5.74) is 7.06. The van der Waals surface area contributed by atoms with E-state index in [1.54, 1.807) is 24.3 Å². The number of nitrogens with zero attached hydrogens (tertiary/aromatic N) is 1. The summed E-state index contributed by atoms with van der Waals surface area (Å²) >= 11 is 0. The van der Waals surface area contributed by atoms with Crippen LogP contribution < -0.4 is 5.73 Å². The Hall–Kier alpha value is -2.34. The van der Waals surface area contributed by atoms with E-state index in [1.807, 2.05) is 6.07 Å². The van der Waals surface area contributed by atoms with E-state index in [1.165, 1.54) is 18.1 Å². The van der Waals surface area contributed by atoms with Crippen LogP contribution in [-0.4, -0.2) is 47.7 Å². The Labute approximate surface area is 122 Å². The van der Waals surface area contributed by atoms with Crippen LogP contribution in [0.5, 0.6) is 0 Å². The summed E-state index contributed by atoms with van der Waals surface area (Å²) in [5.74, 6) is -1.36. The number of carboxylic acid groups (broad SMARTS) is 1. The van der Waals surface area contributed by atoms with Crippen LogP contribution in [0.15, 0.2) is 30.3 Å². The number of benzene rings is 1. The quantitative estimate of drug-likeness (QED) is 0.637. The van der Waals surface area contributed by atoms with E-state index < -0.39 is 12.0 Å². The van der Waals surface area contributed by atoms with E-state index in [4.69, 9.17) is 10.5 Å². The lowest BCUT2D eigenvalue weighted by atomic mass is 10.2. The van der Waals surface area contributed by atoms with Crippen molar-refractivity contribution in [2.45, 2.75) is 18.6 Å². The van der Waals surface area contributed by atoms with E-state index in [-0.39, 0.29) is 18.6 Å². The van der Waals surface area contributed by atoms with Gasteiger partial charge in [0.2, 0.25) is 5.91 Å². The number of ether oxygens (including phenoxy) is 1. The smallest absolute Gasteiger partial charge is 0.326 e. The fraction of sp³-hybridized carbons (Fsp3) is 0.333. The van der Waals surface area contributed by atoms with Gasteiger partial charge in [-0.05, 0) is 23.8 Å². The Bertz CT molecular complexity index is 571. The first-order chi connectivity index (χ1) is 10.0. The number of amides is 1. The minimum absolute atomic E-state index is 0.240. The van der Waals surface area contributed by atoms with Gasteiger partial charge in [0.15, 0.2) is 0 Å². The van der Waals surface area contributed by atoms with Gasteiger partial charge in [0.1, 0.15) is 6.04 Å². The van der Waals surface area contributed by atoms with Crippen molar-refractivity contribution in [3.8, 4) is 0 Å². The molecule has 3 N–H and O–H groups in total. The van der Waals surface area contributed by atoms with Gasteiger partial charge in [-0.25, -0.2) is 4.79 Å². The fourth-order valence-electron chi connectivity index (χ4n) is 2.37. The third-order valence-corrected chi connectivity index (χ3v) is 3.49.